The topological polar surface area (TPSA) is 73.8 Å². The highest BCUT2D eigenvalue weighted by Crippen LogP contribution is 2.30. The molecule has 6 nitrogen and oxygen atoms in total. The molecule has 1 heterocycles. The van der Waals surface area contributed by atoms with E-state index in [1.54, 1.807) is 19.1 Å². The SMILES string of the molecule is CCNC(=NCc1ccc(C)c(F)c1)NCC1CCN(S(=O)(=O)C(F)(F)F)CC1. The van der Waals surface area contributed by atoms with Gasteiger partial charge in [0.25, 0.3) is 0 Å². The van der Waals surface area contributed by atoms with Crippen LogP contribution in [0.4, 0.5) is 17.6 Å². The summed E-state index contributed by atoms with van der Waals surface area (Å²) in [7, 11) is -5.26. The lowest BCUT2D eigenvalue weighted by Crippen LogP contribution is -2.47. The fourth-order valence-corrected chi connectivity index (χ4v) is 3.97. The van der Waals surface area contributed by atoms with Gasteiger partial charge in [-0.2, -0.15) is 17.5 Å². The summed E-state index contributed by atoms with van der Waals surface area (Å²) >= 11 is 0. The van der Waals surface area contributed by atoms with Crippen molar-refractivity contribution in [3.05, 3.63) is 35.1 Å². The van der Waals surface area contributed by atoms with E-state index in [2.05, 4.69) is 15.6 Å². The van der Waals surface area contributed by atoms with E-state index in [0.717, 1.165) is 5.56 Å². The second-order valence-electron chi connectivity index (χ2n) is 6.95. The predicted molar refractivity (Wildman–Crippen MR) is 103 cm³/mol. The number of nitrogens with zero attached hydrogens (tertiary/aromatic N) is 2. The van der Waals surface area contributed by atoms with E-state index in [1.165, 1.54) is 6.07 Å². The lowest BCUT2D eigenvalue weighted by molar-refractivity contribution is -0.0496. The van der Waals surface area contributed by atoms with Crippen LogP contribution in [-0.2, 0) is 16.6 Å². The number of guanidine groups is 1. The first kappa shape index (κ1) is 23.4. The highest BCUT2D eigenvalue weighted by Gasteiger charge is 2.50. The second kappa shape index (κ2) is 9.75. The number of aliphatic imine (C=N–C) groups is 1. The van der Waals surface area contributed by atoms with E-state index in [9.17, 15) is 26.0 Å². The van der Waals surface area contributed by atoms with Gasteiger partial charge in [-0.3, -0.25) is 0 Å². The number of hydrogen-bond acceptors (Lipinski definition) is 3. The summed E-state index contributed by atoms with van der Waals surface area (Å²) in [5.74, 6) is 0.241. The van der Waals surface area contributed by atoms with Gasteiger partial charge in [0.1, 0.15) is 5.82 Å². The van der Waals surface area contributed by atoms with E-state index in [0.29, 0.717) is 41.8 Å². The van der Waals surface area contributed by atoms with Gasteiger partial charge < -0.3 is 10.6 Å². The van der Waals surface area contributed by atoms with Crippen LogP contribution in [-0.4, -0.2) is 50.4 Å². The Morgan fingerprint density at radius 3 is 2.45 bits per heavy atom. The average Bonchev–Trinajstić information content (AvgIpc) is 2.66. The van der Waals surface area contributed by atoms with Crippen molar-refractivity contribution < 1.29 is 26.0 Å². The van der Waals surface area contributed by atoms with Crippen molar-refractivity contribution in [2.45, 2.75) is 38.7 Å². The van der Waals surface area contributed by atoms with Crippen LogP contribution in [0.3, 0.4) is 0 Å². The number of aryl methyl sites for hydroxylation is 1. The molecule has 0 saturated carbocycles. The van der Waals surface area contributed by atoms with Crippen LogP contribution < -0.4 is 10.6 Å². The minimum Gasteiger partial charge on any atom is -0.357 e. The van der Waals surface area contributed by atoms with Gasteiger partial charge >= 0.3 is 15.5 Å². The summed E-state index contributed by atoms with van der Waals surface area (Å²) < 4.78 is 75.0. The van der Waals surface area contributed by atoms with Crippen LogP contribution in [0.15, 0.2) is 23.2 Å². The summed E-state index contributed by atoms with van der Waals surface area (Å²) in [6.07, 6.45) is 0.649. The maximum absolute atomic E-state index is 13.6. The molecule has 1 aliphatic heterocycles. The standard InChI is InChI=1S/C18H26F4N4O2S/c1-3-23-17(25-12-15-5-4-13(2)16(19)10-15)24-11-14-6-8-26(9-7-14)29(27,28)18(20,21)22/h4-5,10,14H,3,6-9,11-12H2,1-2H3,(H2,23,24,25). The maximum atomic E-state index is 13.6. The van der Waals surface area contributed by atoms with E-state index >= 15 is 0 Å². The zero-order valence-electron chi connectivity index (χ0n) is 16.4. The van der Waals surface area contributed by atoms with E-state index in [-0.39, 0.29) is 31.4 Å². The van der Waals surface area contributed by atoms with Gasteiger partial charge in [-0.1, -0.05) is 12.1 Å². The highest BCUT2D eigenvalue weighted by molar-refractivity contribution is 7.90. The maximum Gasteiger partial charge on any atom is 0.511 e. The Labute approximate surface area is 168 Å². The molecule has 1 saturated heterocycles. The summed E-state index contributed by atoms with van der Waals surface area (Å²) in [5, 5.41) is 6.19. The molecular formula is C18H26F4N4O2S. The van der Waals surface area contributed by atoms with Crippen molar-refractivity contribution in [3.8, 4) is 0 Å². The van der Waals surface area contributed by atoms with Gasteiger partial charge in [0.05, 0.1) is 6.54 Å². The Balaban J connectivity index is 1.89. The van der Waals surface area contributed by atoms with E-state index in [4.69, 9.17) is 0 Å². The van der Waals surface area contributed by atoms with Crippen molar-refractivity contribution in [3.63, 3.8) is 0 Å². The molecule has 1 aromatic rings. The quantitative estimate of drug-likeness (QED) is 0.407. The number of hydrogen-bond donors (Lipinski definition) is 2. The molecule has 0 bridgehead atoms. The number of nitrogens with one attached hydrogen (secondary N) is 2. The number of benzene rings is 1. The average molecular weight is 438 g/mol. The highest BCUT2D eigenvalue weighted by atomic mass is 32.2. The molecule has 1 aliphatic rings. The molecule has 2 rings (SSSR count). The van der Waals surface area contributed by atoms with Gasteiger partial charge in [-0.05, 0) is 49.8 Å². The Morgan fingerprint density at radius 2 is 1.90 bits per heavy atom. The summed E-state index contributed by atoms with van der Waals surface area (Å²) in [4.78, 5) is 4.40. The minimum absolute atomic E-state index is 0.0235. The second-order valence-corrected chi connectivity index (χ2v) is 8.88. The first-order valence-electron chi connectivity index (χ1n) is 9.38. The lowest BCUT2D eigenvalue weighted by atomic mass is 9.98. The number of sulfonamides is 1. The molecule has 1 fully saturated rings. The van der Waals surface area contributed by atoms with Crippen molar-refractivity contribution in [1.82, 2.24) is 14.9 Å². The van der Waals surface area contributed by atoms with Crippen molar-refractivity contribution in [1.29, 1.82) is 0 Å². The first-order valence-corrected chi connectivity index (χ1v) is 10.8. The normalized spacial score (nSPS) is 17.4. The molecule has 0 aliphatic carbocycles. The number of halogens is 4. The smallest absolute Gasteiger partial charge is 0.357 e. The number of piperidine rings is 1. The molecule has 0 radical (unpaired) electrons. The minimum atomic E-state index is -5.27. The monoisotopic (exact) mass is 438 g/mol. The molecule has 11 heteroatoms. The summed E-state index contributed by atoms with van der Waals surface area (Å²) in [5.41, 5.74) is -3.99. The van der Waals surface area contributed by atoms with E-state index < -0.39 is 15.5 Å². The Morgan fingerprint density at radius 1 is 1.24 bits per heavy atom. The molecule has 0 amide bonds. The molecule has 0 spiro atoms. The zero-order chi connectivity index (χ0) is 21.7. The molecule has 2 N–H and O–H groups in total. The molecule has 164 valence electrons. The van der Waals surface area contributed by atoms with Crippen LogP contribution in [0, 0.1) is 18.7 Å². The van der Waals surface area contributed by atoms with Crippen LogP contribution in [0.25, 0.3) is 0 Å². The third-order valence-electron chi connectivity index (χ3n) is 4.76. The van der Waals surface area contributed by atoms with Gasteiger partial charge in [0, 0.05) is 26.2 Å². The van der Waals surface area contributed by atoms with Crippen LogP contribution in [0.5, 0.6) is 0 Å². The molecular weight excluding hydrogens is 412 g/mol. The number of alkyl halides is 3. The first-order chi connectivity index (χ1) is 13.5. The van der Waals surface area contributed by atoms with Crippen LogP contribution in [0.1, 0.15) is 30.9 Å². The predicted octanol–water partition coefficient (Wildman–Crippen LogP) is 2.75. The Bertz CT molecular complexity index is 820. The molecule has 1 aromatic carbocycles. The fourth-order valence-electron chi connectivity index (χ4n) is 2.99. The Kier molecular flexibility index (Phi) is 7.87. The van der Waals surface area contributed by atoms with Crippen molar-refractivity contribution in [2.75, 3.05) is 26.2 Å². The fraction of sp³-hybridized carbons (Fsp3) is 0.611. The van der Waals surface area contributed by atoms with Crippen LogP contribution >= 0.6 is 0 Å². The van der Waals surface area contributed by atoms with Gasteiger partial charge in [-0.15, -0.1) is 0 Å². The van der Waals surface area contributed by atoms with Gasteiger partial charge in [0.15, 0.2) is 5.96 Å². The van der Waals surface area contributed by atoms with Crippen molar-refractivity contribution in [2.24, 2.45) is 10.9 Å². The van der Waals surface area contributed by atoms with Gasteiger partial charge in [0.2, 0.25) is 0 Å². The third-order valence-corrected chi connectivity index (χ3v) is 6.39. The lowest BCUT2D eigenvalue weighted by Gasteiger charge is -2.31. The number of rotatable bonds is 6. The largest absolute Gasteiger partial charge is 0.511 e. The molecule has 0 atom stereocenters. The summed E-state index contributed by atoms with van der Waals surface area (Å²) in [6, 6.07) is 4.91. The molecule has 0 unspecified atom stereocenters. The zero-order valence-corrected chi connectivity index (χ0v) is 17.2. The third kappa shape index (κ3) is 6.30. The van der Waals surface area contributed by atoms with Crippen LogP contribution in [0.2, 0.25) is 0 Å². The summed E-state index contributed by atoms with van der Waals surface area (Å²) in [6.45, 7) is 4.58. The van der Waals surface area contributed by atoms with E-state index in [1.807, 2.05) is 6.92 Å². The Hall–Kier alpha value is -1.88. The molecule has 0 aromatic heterocycles. The van der Waals surface area contributed by atoms with Crippen molar-refractivity contribution >= 4 is 16.0 Å². The molecule has 29 heavy (non-hydrogen) atoms. The van der Waals surface area contributed by atoms with Gasteiger partial charge in [-0.25, -0.2) is 17.8 Å².